The van der Waals surface area contributed by atoms with Gasteiger partial charge in [-0.25, -0.2) is 13.8 Å². The molecule has 1 saturated carbocycles. The van der Waals surface area contributed by atoms with Gasteiger partial charge in [-0.1, -0.05) is 30.3 Å². The lowest BCUT2D eigenvalue weighted by molar-refractivity contribution is -0.0364. The standard InChI is InChI=1S/C25H23F2N5O2/c1-25(33)10-14(11-25)31-24(30)17(12-28)20(29)15-8-9-16-22(18(15)26)32-21(19(27)23(16)34-2)13-6-4-3-5-7-13/h3-9,14,29,31,33H,10-11,30H2,1-2H3/b24-17-,29-20?. The van der Waals surface area contributed by atoms with Crippen LogP contribution in [0.2, 0.25) is 0 Å². The Morgan fingerprint density at radius 1 is 1.24 bits per heavy atom. The van der Waals surface area contributed by atoms with Gasteiger partial charge in [-0.3, -0.25) is 5.41 Å². The Morgan fingerprint density at radius 3 is 2.50 bits per heavy atom. The highest BCUT2D eigenvalue weighted by atomic mass is 19.1. The molecule has 1 heterocycles. The highest BCUT2D eigenvalue weighted by Gasteiger charge is 2.38. The zero-order chi connectivity index (χ0) is 24.6. The number of hydrogen-bond acceptors (Lipinski definition) is 7. The number of ether oxygens (including phenoxy) is 1. The maximum atomic E-state index is 15.7. The van der Waals surface area contributed by atoms with Gasteiger partial charge in [0.25, 0.3) is 0 Å². The third kappa shape index (κ3) is 4.04. The summed E-state index contributed by atoms with van der Waals surface area (Å²) in [5.41, 5.74) is 4.44. The minimum atomic E-state index is -0.898. The Labute approximate surface area is 195 Å². The average Bonchev–Trinajstić information content (AvgIpc) is 2.79. The molecular formula is C25H23F2N5O2. The third-order valence-electron chi connectivity index (χ3n) is 5.88. The summed E-state index contributed by atoms with van der Waals surface area (Å²) in [4.78, 5) is 4.21. The number of nitriles is 1. The summed E-state index contributed by atoms with van der Waals surface area (Å²) in [5.74, 6) is -1.88. The van der Waals surface area contributed by atoms with Crippen molar-refractivity contribution in [1.82, 2.24) is 10.3 Å². The number of fused-ring (bicyclic) bond motifs is 1. The van der Waals surface area contributed by atoms with Gasteiger partial charge >= 0.3 is 0 Å². The molecule has 0 bridgehead atoms. The number of pyridine rings is 1. The van der Waals surface area contributed by atoms with Crippen molar-refractivity contribution in [2.24, 2.45) is 5.73 Å². The lowest BCUT2D eigenvalue weighted by atomic mass is 9.77. The maximum absolute atomic E-state index is 15.7. The first-order chi connectivity index (χ1) is 16.2. The molecule has 34 heavy (non-hydrogen) atoms. The molecule has 0 spiro atoms. The van der Waals surface area contributed by atoms with Crippen molar-refractivity contribution < 1.29 is 18.6 Å². The summed E-state index contributed by atoms with van der Waals surface area (Å²) < 4.78 is 36.0. The van der Waals surface area contributed by atoms with Crippen LogP contribution in [0.3, 0.4) is 0 Å². The zero-order valence-electron chi connectivity index (χ0n) is 18.6. The number of benzene rings is 2. The normalized spacial score (nSPS) is 20.2. The predicted octanol–water partition coefficient (Wildman–Crippen LogP) is 3.75. The number of methoxy groups -OCH3 is 1. The summed E-state index contributed by atoms with van der Waals surface area (Å²) in [6.07, 6.45) is 0.864. The van der Waals surface area contributed by atoms with E-state index in [-0.39, 0.29) is 45.3 Å². The maximum Gasteiger partial charge on any atom is 0.191 e. The molecule has 0 aliphatic heterocycles. The van der Waals surface area contributed by atoms with Crippen LogP contribution >= 0.6 is 0 Å². The smallest absolute Gasteiger partial charge is 0.191 e. The fraction of sp³-hybridized carbons (Fsp3) is 0.240. The molecule has 174 valence electrons. The Bertz CT molecular complexity index is 1360. The number of hydrogen-bond donors (Lipinski definition) is 4. The first-order valence-corrected chi connectivity index (χ1v) is 10.6. The second kappa shape index (κ2) is 8.72. The summed E-state index contributed by atoms with van der Waals surface area (Å²) in [6.45, 7) is 1.69. The van der Waals surface area contributed by atoms with E-state index in [1.807, 2.05) is 6.07 Å². The van der Waals surface area contributed by atoms with Gasteiger partial charge in [0.2, 0.25) is 0 Å². The van der Waals surface area contributed by atoms with E-state index in [1.54, 1.807) is 37.3 Å². The Hall–Kier alpha value is -4.03. The van der Waals surface area contributed by atoms with Gasteiger partial charge in [-0.2, -0.15) is 5.26 Å². The molecule has 1 aromatic heterocycles. The van der Waals surface area contributed by atoms with Crippen LogP contribution in [0.4, 0.5) is 8.78 Å². The van der Waals surface area contributed by atoms with Gasteiger partial charge < -0.3 is 20.9 Å². The summed E-state index contributed by atoms with van der Waals surface area (Å²) in [7, 11) is 1.28. The summed E-state index contributed by atoms with van der Waals surface area (Å²) in [6, 6.07) is 12.8. The highest BCUT2D eigenvalue weighted by Crippen LogP contribution is 2.36. The van der Waals surface area contributed by atoms with Crippen LogP contribution < -0.4 is 15.8 Å². The molecule has 4 rings (SSSR count). The van der Waals surface area contributed by atoms with Crippen molar-refractivity contribution in [1.29, 1.82) is 10.7 Å². The molecule has 2 aromatic carbocycles. The molecule has 1 aliphatic rings. The van der Waals surface area contributed by atoms with Crippen LogP contribution in [0.25, 0.3) is 22.2 Å². The molecule has 5 N–H and O–H groups in total. The number of halogens is 2. The molecule has 0 saturated heterocycles. The highest BCUT2D eigenvalue weighted by molar-refractivity contribution is 6.15. The SMILES string of the molecule is COc1c(F)c(-c2ccccc2)nc2c(F)c(C(=N)/C(C#N)=C(/N)NC3CC(C)(O)C3)ccc12. The number of allylic oxidation sites excluding steroid dienone is 1. The minimum absolute atomic E-state index is 0.0814. The van der Waals surface area contributed by atoms with E-state index >= 15 is 8.78 Å². The van der Waals surface area contributed by atoms with E-state index in [0.29, 0.717) is 18.4 Å². The number of nitrogens with one attached hydrogen (secondary N) is 2. The van der Waals surface area contributed by atoms with Gasteiger partial charge in [0.05, 0.1) is 18.4 Å². The van der Waals surface area contributed by atoms with E-state index < -0.39 is 22.9 Å². The van der Waals surface area contributed by atoms with Crippen molar-refractivity contribution in [3.8, 4) is 23.1 Å². The molecule has 9 heteroatoms. The lowest BCUT2D eigenvalue weighted by Crippen LogP contribution is -2.52. The number of aromatic nitrogens is 1. The minimum Gasteiger partial charge on any atom is -0.493 e. The molecule has 0 radical (unpaired) electrons. The molecule has 1 fully saturated rings. The van der Waals surface area contributed by atoms with Crippen LogP contribution in [0.5, 0.6) is 5.75 Å². The average molecular weight is 463 g/mol. The van der Waals surface area contributed by atoms with Gasteiger partial charge in [0, 0.05) is 22.6 Å². The van der Waals surface area contributed by atoms with E-state index in [0.717, 1.165) is 0 Å². The number of aliphatic hydroxyl groups is 1. The monoisotopic (exact) mass is 463 g/mol. The lowest BCUT2D eigenvalue weighted by Gasteiger charge is -2.41. The molecule has 1 aliphatic carbocycles. The number of nitrogens with two attached hydrogens (primary N) is 1. The van der Waals surface area contributed by atoms with Crippen molar-refractivity contribution in [2.45, 2.75) is 31.4 Å². The second-order valence-corrected chi connectivity index (χ2v) is 8.52. The van der Waals surface area contributed by atoms with Gasteiger partial charge in [0.1, 0.15) is 28.7 Å². The van der Waals surface area contributed by atoms with Gasteiger partial charge in [0.15, 0.2) is 17.4 Å². The fourth-order valence-corrected chi connectivity index (χ4v) is 4.21. The van der Waals surface area contributed by atoms with Crippen molar-refractivity contribution in [2.75, 3.05) is 7.11 Å². The summed E-state index contributed by atoms with van der Waals surface area (Å²) in [5, 5.41) is 31.0. The van der Waals surface area contributed by atoms with E-state index in [4.69, 9.17) is 15.9 Å². The molecular weight excluding hydrogens is 440 g/mol. The summed E-state index contributed by atoms with van der Waals surface area (Å²) >= 11 is 0. The van der Waals surface area contributed by atoms with Crippen molar-refractivity contribution in [3.63, 3.8) is 0 Å². The quantitative estimate of drug-likeness (QED) is 0.326. The first kappa shape index (κ1) is 23.1. The third-order valence-corrected chi connectivity index (χ3v) is 5.88. The zero-order valence-corrected chi connectivity index (χ0v) is 18.6. The van der Waals surface area contributed by atoms with E-state index in [9.17, 15) is 10.4 Å². The van der Waals surface area contributed by atoms with Gasteiger partial charge in [-0.15, -0.1) is 0 Å². The van der Waals surface area contributed by atoms with Crippen molar-refractivity contribution in [3.05, 3.63) is 71.1 Å². The van der Waals surface area contributed by atoms with Crippen LogP contribution in [0.1, 0.15) is 25.3 Å². The Balaban J connectivity index is 1.80. The predicted molar refractivity (Wildman–Crippen MR) is 124 cm³/mol. The molecule has 7 nitrogen and oxygen atoms in total. The topological polar surface area (TPSA) is 128 Å². The van der Waals surface area contributed by atoms with E-state index in [1.165, 1.54) is 19.2 Å². The van der Waals surface area contributed by atoms with Crippen LogP contribution in [0.15, 0.2) is 53.9 Å². The van der Waals surface area contributed by atoms with E-state index in [2.05, 4.69) is 10.3 Å². The number of nitrogens with zero attached hydrogens (tertiary/aromatic N) is 2. The largest absolute Gasteiger partial charge is 0.493 e. The molecule has 0 unspecified atom stereocenters. The van der Waals surface area contributed by atoms with Crippen LogP contribution in [-0.4, -0.2) is 34.6 Å². The Morgan fingerprint density at radius 2 is 1.91 bits per heavy atom. The van der Waals surface area contributed by atoms with Crippen molar-refractivity contribution >= 4 is 16.6 Å². The molecule has 3 aromatic rings. The fourth-order valence-electron chi connectivity index (χ4n) is 4.21. The first-order valence-electron chi connectivity index (χ1n) is 10.6. The van der Waals surface area contributed by atoms with Crippen LogP contribution in [-0.2, 0) is 0 Å². The molecule has 0 amide bonds. The second-order valence-electron chi connectivity index (χ2n) is 8.52. The van der Waals surface area contributed by atoms with Gasteiger partial charge in [-0.05, 0) is 31.9 Å². The number of rotatable bonds is 6. The molecule has 0 atom stereocenters. The Kier molecular flexibility index (Phi) is 5.94. The van der Waals surface area contributed by atoms with Crippen LogP contribution in [0, 0.1) is 28.4 Å².